The minimum absolute atomic E-state index is 0.0990. The summed E-state index contributed by atoms with van der Waals surface area (Å²) in [6.07, 6.45) is 1.68. The topological polar surface area (TPSA) is 102 Å². The van der Waals surface area contributed by atoms with Gasteiger partial charge in [0.15, 0.2) is 0 Å². The van der Waals surface area contributed by atoms with Crippen molar-refractivity contribution in [1.29, 1.82) is 0 Å². The molecule has 8 heteroatoms. The Morgan fingerprint density at radius 3 is 2.52 bits per heavy atom. The predicted octanol–water partition coefficient (Wildman–Crippen LogP) is -0.494. The highest BCUT2D eigenvalue weighted by molar-refractivity contribution is 5.80. The van der Waals surface area contributed by atoms with Crippen molar-refractivity contribution in [3.63, 3.8) is 0 Å². The molecular formula is C15H21N3O5. The van der Waals surface area contributed by atoms with Crippen LogP contribution < -0.4 is 11.2 Å². The summed E-state index contributed by atoms with van der Waals surface area (Å²) in [6, 6.07) is 1.22. The van der Waals surface area contributed by atoms with E-state index in [1.165, 1.54) is 24.2 Å². The summed E-state index contributed by atoms with van der Waals surface area (Å²) >= 11 is 0. The molecule has 8 nitrogen and oxygen atoms in total. The molecule has 0 aliphatic carbocycles. The number of hydrogen-bond acceptors (Lipinski definition) is 4. The standard InChI is InChI=1S/C15H21N3O5/c1-10(2)15(13(21)22)5-7-18(9-15)12(20)8-17-6-4-11(19)16(3)14(17)23/h4,6,10H,5,7-9H2,1-3H3,(H,21,22). The van der Waals surface area contributed by atoms with Gasteiger partial charge in [0.1, 0.15) is 6.54 Å². The molecule has 0 radical (unpaired) electrons. The van der Waals surface area contributed by atoms with Gasteiger partial charge in [-0.05, 0) is 12.3 Å². The van der Waals surface area contributed by atoms with E-state index >= 15 is 0 Å². The first-order valence-electron chi connectivity index (χ1n) is 7.46. The molecule has 1 saturated heterocycles. The fourth-order valence-electron chi connectivity index (χ4n) is 2.92. The van der Waals surface area contributed by atoms with E-state index in [4.69, 9.17) is 0 Å². The minimum Gasteiger partial charge on any atom is -0.481 e. The van der Waals surface area contributed by atoms with Gasteiger partial charge in [-0.3, -0.25) is 23.5 Å². The van der Waals surface area contributed by atoms with Crippen molar-refractivity contribution in [2.24, 2.45) is 18.4 Å². The second kappa shape index (κ2) is 6.02. The number of rotatable bonds is 4. The fourth-order valence-corrected chi connectivity index (χ4v) is 2.92. The predicted molar refractivity (Wildman–Crippen MR) is 82.0 cm³/mol. The van der Waals surface area contributed by atoms with Crippen molar-refractivity contribution in [3.8, 4) is 0 Å². The SMILES string of the molecule is CC(C)C1(C(=O)O)CCN(C(=O)Cn2ccc(=O)n(C)c2=O)C1. The largest absolute Gasteiger partial charge is 0.481 e. The Morgan fingerprint density at radius 1 is 1.35 bits per heavy atom. The summed E-state index contributed by atoms with van der Waals surface area (Å²) in [4.78, 5) is 48.8. The summed E-state index contributed by atoms with van der Waals surface area (Å²) in [7, 11) is 1.34. The van der Waals surface area contributed by atoms with Gasteiger partial charge >= 0.3 is 11.7 Å². The highest BCUT2D eigenvalue weighted by Gasteiger charge is 2.48. The molecule has 0 bridgehead atoms. The highest BCUT2D eigenvalue weighted by atomic mass is 16.4. The summed E-state index contributed by atoms with van der Waals surface area (Å²) in [5, 5.41) is 9.50. The van der Waals surface area contributed by atoms with E-state index in [0.29, 0.717) is 13.0 Å². The molecule has 0 aromatic carbocycles. The van der Waals surface area contributed by atoms with Gasteiger partial charge in [-0.15, -0.1) is 0 Å². The maximum absolute atomic E-state index is 12.4. The van der Waals surface area contributed by atoms with E-state index in [1.807, 2.05) is 13.8 Å². The molecule has 126 valence electrons. The van der Waals surface area contributed by atoms with Crippen molar-refractivity contribution in [2.75, 3.05) is 13.1 Å². The van der Waals surface area contributed by atoms with Crippen LogP contribution >= 0.6 is 0 Å². The molecule has 1 aliphatic rings. The Kier molecular flexibility index (Phi) is 4.44. The van der Waals surface area contributed by atoms with E-state index in [2.05, 4.69) is 0 Å². The maximum Gasteiger partial charge on any atom is 0.331 e. The van der Waals surface area contributed by atoms with Crippen molar-refractivity contribution >= 4 is 11.9 Å². The quantitative estimate of drug-likeness (QED) is 0.805. The average molecular weight is 323 g/mol. The van der Waals surface area contributed by atoms with Crippen LogP contribution in [0.4, 0.5) is 0 Å². The lowest BCUT2D eigenvalue weighted by Crippen LogP contribution is -2.43. The normalized spacial score (nSPS) is 21.0. The molecule has 2 rings (SSSR count). The number of carbonyl (C=O) groups excluding carboxylic acids is 1. The molecule has 1 N–H and O–H groups in total. The van der Waals surface area contributed by atoms with Gasteiger partial charge in [0.2, 0.25) is 5.91 Å². The lowest BCUT2D eigenvalue weighted by molar-refractivity contribution is -0.151. The Labute approximate surface area is 132 Å². The first-order valence-corrected chi connectivity index (χ1v) is 7.46. The zero-order valence-electron chi connectivity index (χ0n) is 13.5. The van der Waals surface area contributed by atoms with Crippen molar-refractivity contribution in [3.05, 3.63) is 33.1 Å². The number of carbonyl (C=O) groups is 2. The molecule has 1 unspecified atom stereocenters. The van der Waals surface area contributed by atoms with Crippen LogP contribution in [0.2, 0.25) is 0 Å². The maximum atomic E-state index is 12.4. The van der Waals surface area contributed by atoms with E-state index in [9.17, 15) is 24.3 Å². The molecule has 1 fully saturated rings. The third kappa shape index (κ3) is 2.93. The Bertz CT molecular complexity index is 748. The van der Waals surface area contributed by atoms with E-state index < -0.39 is 22.6 Å². The summed E-state index contributed by atoms with van der Waals surface area (Å²) < 4.78 is 2.08. The van der Waals surface area contributed by atoms with Crippen LogP contribution in [0.25, 0.3) is 0 Å². The number of amides is 1. The Morgan fingerprint density at radius 2 is 2.00 bits per heavy atom. The van der Waals surface area contributed by atoms with E-state index in [0.717, 1.165) is 9.13 Å². The third-order valence-corrected chi connectivity index (χ3v) is 4.75. The van der Waals surface area contributed by atoms with Gasteiger partial charge in [0.05, 0.1) is 5.41 Å². The second-order valence-electron chi connectivity index (χ2n) is 6.30. The molecule has 0 spiro atoms. The van der Waals surface area contributed by atoms with Crippen molar-refractivity contribution in [2.45, 2.75) is 26.8 Å². The molecule has 0 saturated carbocycles. The molecule has 1 aromatic rings. The van der Waals surface area contributed by atoms with Crippen molar-refractivity contribution in [1.82, 2.24) is 14.0 Å². The fraction of sp³-hybridized carbons (Fsp3) is 0.600. The van der Waals surface area contributed by atoms with Gasteiger partial charge in [0, 0.05) is 32.4 Å². The number of aliphatic carboxylic acids is 1. The third-order valence-electron chi connectivity index (χ3n) is 4.75. The summed E-state index contributed by atoms with van der Waals surface area (Å²) in [6.45, 7) is 3.95. The second-order valence-corrected chi connectivity index (χ2v) is 6.30. The highest BCUT2D eigenvalue weighted by Crippen LogP contribution is 2.38. The number of aromatic nitrogens is 2. The van der Waals surface area contributed by atoms with Crippen molar-refractivity contribution < 1.29 is 14.7 Å². The zero-order valence-corrected chi connectivity index (χ0v) is 13.5. The monoisotopic (exact) mass is 323 g/mol. The van der Waals surface area contributed by atoms with Crippen LogP contribution in [0.5, 0.6) is 0 Å². The number of likely N-dealkylation sites (tertiary alicyclic amines) is 1. The molecule has 1 atom stereocenters. The van der Waals surface area contributed by atoms with Crippen LogP contribution in [0.1, 0.15) is 20.3 Å². The molecule has 1 aromatic heterocycles. The molecule has 2 heterocycles. The van der Waals surface area contributed by atoms with Crippen LogP contribution in [0.3, 0.4) is 0 Å². The van der Waals surface area contributed by atoms with Crippen LogP contribution in [-0.2, 0) is 23.2 Å². The van der Waals surface area contributed by atoms with Crippen LogP contribution in [-0.4, -0.2) is 44.1 Å². The van der Waals surface area contributed by atoms with E-state index in [-0.39, 0.29) is 24.9 Å². The first kappa shape index (κ1) is 17.0. The van der Waals surface area contributed by atoms with Crippen LogP contribution in [0.15, 0.2) is 21.9 Å². The van der Waals surface area contributed by atoms with Gasteiger partial charge in [-0.1, -0.05) is 13.8 Å². The summed E-state index contributed by atoms with van der Waals surface area (Å²) in [5.41, 5.74) is -1.95. The molecule has 23 heavy (non-hydrogen) atoms. The van der Waals surface area contributed by atoms with Gasteiger partial charge in [0.25, 0.3) is 5.56 Å². The van der Waals surface area contributed by atoms with Gasteiger partial charge < -0.3 is 10.0 Å². The van der Waals surface area contributed by atoms with Crippen LogP contribution in [0, 0.1) is 11.3 Å². The minimum atomic E-state index is -0.940. The smallest absolute Gasteiger partial charge is 0.331 e. The number of hydrogen-bond donors (Lipinski definition) is 1. The summed E-state index contributed by atoms with van der Waals surface area (Å²) in [5.74, 6) is -1.32. The molecule has 1 amide bonds. The average Bonchev–Trinajstić information content (AvgIpc) is 2.94. The lowest BCUT2D eigenvalue weighted by atomic mass is 9.76. The number of nitrogens with zero attached hydrogens (tertiary/aromatic N) is 3. The van der Waals surface area contributed by atoms with Gasteiger partial charge in [-0.2, -0.15) is 0 Å². The van der Waals surface area contributed by atoms with Gasteiger partial charge in [-0.25, -0.2) is 4.79 Å². The Balaban J connectivity index is 2.18. The lowest BCUT2D eigenvalue weighted by Gasteiger charge is -2.28. The first-order chi connectivity index (χ1) is 10.7. The number of carboxylic acids is 1. The number of carboxylic acid groups (broad SMARTS) is 1. The zero-order chi connectivity index (χ0) is 17.4. The molecule has 1 aliphatic heterocycles. The van der Waals surface area contributed by atoms with E-state index in [1.54, 1.807) is 0 Å². The molecular weight excluding hydrogens is 302 g/mol. The Hall–Kier alpha value is -2.38.